The predicted molar refractivity (Wildman–Crippen MR) is 84.7 cm³/mol. The van der Waals surface area contributed by atoms with E-state index in [1.165, 1.54) is 11.3 Å². The van der Waals surface area contributed by atoms with E-state index >= 15 is 0 Å². The first-order valence-electron chi connectivity index (χ1n) is 6.94. The van der Waals surface area contributed by atoms with E-state index in [1.54, 1.807) is 23.9 Å². The molecule has 0 saturated heterocycles. The van der Waals surface area contributed by atoms with Crippen LogP contribution < -0.4 is 5.32 Å². The van der Waals surface area contributed by atoms with Gasteiger partial charge in [-0.2, -0.15) is 5.26 Å². The van der Waals surface area contributed by atoms with Crippen LogP contribution in [0.5, 0.6) is 0 Å². The molecular formula is C15H13N5O2S. The number of nitrogens with zero attached hydrogens (tertiary/aromatic N) is 4. The molecular weight excluding hydrogens is 314 g/mol. The van der Waals surface area contributed by atoms with Gasteiger partial charge in [0.25, 0.3) is 5.91 Å². The Balaban J connectivity index is 1.96. The average Bonchev–Trinajstić information content (AvgIpc) is 3.25. The number of aryl methyl sites for hydroxylation is 2. The van der Waals surface area contributed by atoms with Crippen LogP contribution in [0, 0.1) is 18.3 Å². The Morgan fingerprint density at radius 2 is 2.17 bits per heavy atom. The van der Waals surface area contributed by atoms with E-state index in [2.05, 4.69) is 15.5 Å². The Hall–Kier alpha value is -2.92. The number of amides is 1. The maximum atomic E-state index is 12.5. The van der Waals surface area contributed by atoms with Crippen molar-refractivity contribution in [3.05, 3.63) is 46.4 Å². The van der Waals surface area contributed by atoms with Gasteiger partial charge in [0, 0.05) is 12.4 Å². The number of carbonyl (C=O) groups is 1. The zero-order valence-electron chi connectivity index (χ0n) is 12.5. The van der Waals surface area contributed by atoms with Gasteiger partial charge in [0.2, 0.25) is 11.0 Å². The second kappa shape index (κ2) is 6.06. The number of nitrogens with one attached hydrogen (secondary N) is 1. The second-order valence-electron chi connectivity index (χ2n) is 4.72. The third kappa shape index (κ3) is 2.74. The number of anilines is 1. The smallest absolute Gasteiger partial charge is 0.262 e. The van der Waals surface area contributed by atoms with E-state index in [0.29, 0.717) is 16.8 Å². The summed E-state index contributed by atoms with van der Waals surface area (Å²) in [6.45, 7) is 3.61. The molecule has 7 nitrogen and oxygen atoms in total. The molecule has 0 aromatic carbocycles. The fraction of sp³-hybridized carbons (Fsp3) is 0.200. The molecule has 0 radical (unpaired) electrons. The van der Waals surface area contributed by atoms with Crippen molar-refractivity contribution in [2.45, 2.75) is 20.3 Å². The van der Waals surface area contributed by atoms with Crippen LogP contribution >= 0.6 is 11.3 Å². The summed E-state index contributed by atoms with van der Waals surface area (Å²) < 4.78 is 7.27. The van der Waals surface area contributed by atoms with E-state index in [4.69, 9.17) is 4.42 Å². The lowest BCUT2D eigenvalue weighted by atomic mass is 10.1. The Morgan fingerprint density at radius 1 is 1.43 bits per heavy atom. The van der Waals surface area contributed by atoms with Crippen molar-refractivity contribution < 1.29 is 9.21 Å². The van der Waals surface area contributed by atoms with Gasteiger partial charge in [-0.05, 0) is 25.5 Å². The first-order valence-corrected chi connectivity index (χ1v) is 7.76. The summed E-state index contributed by atoms with van der Waals surface area (Å²) in [6.07, 6.45) is 4.25. The second-order valence-corrected chi connectivity index (χ2v) is 5.79. The normalized spacial score (nSPS) is 10.5. The van der Waals surface area contributed by atoms with E-state index in [0.717, 1.165) is 11.4 Å². The van der Waals surface area contributed by atoms with Crippen molar-refractivity contribution >= 4 is 22.4 Å². The van der Waals surface area contributed by atoms with Gasteiger partial charge >= 0.3 is 0 Å². The van der Waals surface area contributed by atoms with Crippen LogP contribution in [-0.2, 0) is 6.42 Å². The summed E-state index contributed by atoms with van der Waals surface area (Å²) in [6, 6.07) is 5.67. The highest BCUT2D eigenvalue weighted by molar-refractivity contribution is 7.15. The molecule has 116 valence electrons. The zero-order chi connectivity index (χ0) is 16.4. The molecule has 1 amide bonds. The van der Waals surface area contributed by atoms with Crippen LogP contribution in [0.2, 0.25) is 0 Å². The first-order chi connectivity index (χ1) is 11.1. The molecule has 3 heterocycles. The molecule has 23 heavy (non-hydrogen) atoms. The highest BCUT2D eigenvalue weighted by atomic mass is 32.1. The predicted octanol–water partition coefficient (Wildman–Crippen LogP) is 2.92. The fourth-order valence-electron chi connectivity index (χ4n) is 2.17. The van der Waals surface area contributed by atoms with E-state index < -0.39 is 5.91 Å². The van der Waals surface area contributed by atoms with Gasteiger partial charge in [0.05, 0.1) is 0 Å². The molecule has 0 aliphatic rings. The molecule has 0 aliphatic carbocycles. The topological polar surface area (TPSA) is 96.7 Å². The summed E-state index contributed by atoms with van der Waals surface area (Å²) in [7, 11) is 0. The lowest BCUT2D eigenvalue weighted by Crippen LogP contribution is -2.13. The Morgan fingerprint density at radius 3 is 2.78 bits per heavy atom. The highest BCUT2D eigenvalue weighted by Crippen LogP contribution is 2.26. The third-order valence-electron chi connectivity index (χ3n) is 3.23. The van der Waals surface area contributed by atoms with Crippen LogP contribution in [0.4, 0.5) is 5.13 Å². The van der Waals surface area contributed by atoms with Crippen molar-refractivity contribution in [1.82, 2.24) is 14.8 Å². The summed E-state index contributed by atoms with van der Waals surface area (Å²) >= 11 is 1.31. The van der Waals surface area contributed by atoms with E-state index in [9.17, 15) is 10.1 Å². The minimum atomic E-state index is -0.431. The monoisotopic (exact) mass is 327 g/mol. The SMILES string of the molecule is CCc1nnc(NC(=O)c2c(C)oc(-n3cccc3)c2C#N)s1. The van der Waals surface area contributed by atoms with Gasteiger partial charge in [-0.1, -0.05) is 18.3 Å². The van der Waals surface area contributed by atoms with Crippen LogP contribution in [0.15, 0.2) is 28.9 Å². The molecule has 3 aromatic heterocycles. The minimum Gasteiger partial charge on any atom is -0.443 e. The molecule has 1 N–H and O–H groups in total. The molecule has 0 aliphatic heterocycles. The Kier molecular flexibility index (Phi) is 3.95. The standard InChI is InChI=1S/C15H13N5O2S/c1-3-11-18-19-15(23-11)17-13(21)12-9(2)22-14(10(12)8-16)20-6-4-5-7-20/h4-7H,3H2,1-2H3,(H,17,19,21). The lowest BCUT2D eigenvalue weighted by Gasteiger charge is -2.00. The number of hydrogen-bond acceptors (Lipinski definition) is 6. The fourth-order valence-corrected chi connectivity index (χ4v) is 2.84. The summed E-state index contributed by atoms with van der Waals surface area (Å²) in [5.74, 6) is 0.273. The Labute approximate surface area is 136 Å². The van der Waals surface area contributed by atoms with Crippen LogP contribution in [0.3, 0.4) is 0 Å². The number of furan rings is 1. The van der Waals surface area contributed by atoms with Crippen molar-refractivity contribution in [3.8, 4) is 12.0 Å². The van der Waals surface area contributed by atoms with Crippen molar-refractivity contribution in [3.63, 3.8) is 0 Å². The summed E-state index contributed by atoms with van der Waals surface area (Å²) in [5.41, 5.74) is 0.404. The molecule has 3 rings (SSSR count). The highest BCUT2D eigenvalue weighted by Gasteiger charge is 2.25. The molecule has 0 bridgehead atoms. The van der Waals surface area contributed by atoms with E-state index in [1.807, 2.05) is 25.1 Å². The van der Waals surface area contributed by atoms with Gasteiger partial charge in [0.15, 0.2) is 0 Å². The largest absolute Gasteiger partial charge is 0.443 e. The summed E-state index contributed by atoms with van der Waals surface area (Å²) in [4.78, 5) is 12.5. The van der Waals surface area contributed by atoms with Crippen molar-refractivity contribution in [2.24, 2.45) is 0 Å². The maximum Gasteiger partial charge on any atom is 0.262 e. The molecule has 0 spiro atoms. The Bertz CT molecular complexity index is 886. The zero-order valence-corrected chi connectivity index (χ0v) is 13.3. The molecule has 0 unspecified atom stereocenters. The van der Waals surface area contributed by atoms with Crippen LogP contribution in [0.25, 0.3) is 5.88 Å². The number of rotatable bonds is 4. The van der Waals surface area contributed by atoms with Gasteiger partial charge < -0.3 is 4.42 Å². The average molecular weight is 327 g/mol. The van der Waals surface area contributed by atoms with Crippen LogP contribution in [0.1, 0.15) is 33.6 Å². The van der Waals surface area contributed by atoms with Gasteiger partial charge in [0.1, 0.15) is 28.0 Å². The molecule has 3 aromatic rings. The quantitative estimate of drug-likeness (QED) is 0.794. The third-order valence-corrected chi connectivity index (χ3v) is 4.22. The van der Waals surface area contributed by atoms with E-state index in [-0.39, 0.29) is 11.1 Å². The summed E-state index contributed by atoms with van der Waals surface area (Å²) in [5, 5.41) is 21.2. The van der Waals surface area contributed by atoms with Gasteiger partial charge in [-0.25, -0.2) is 0 Å². The van der Waals surface area contributed by atoms with Crippen molar-refractivity contribution in [2.75, 3.05) is 5.32 Å². The number of aromatic nitrogens is 3. The molecule has 0 saturated carbocycles. The number of nitriles is 1. The minimum absolute atomic E-state index is 0.191. The van der Waals surface area contributed by atoms with Crippen molar-refractivity contribution in [1.29, 1.82) is 5.26 Å². The first kappa shape index (κ1) is 15.0. The number of hydrogen-bond donors (Lipinski definition) is 1. The lowest BCUT2D eigenvalue weighted by molar-refractivity contribution is 0.102. The molecule has 0 atom stereocenters. The molecule has 0 fully saturated rings. The number of carbonyl (C=O) groups excluding carboxylic acids is 1. The van der Waals surface area contributed by atoms with Crippen LogP contribution in [-0.4, -0.2) is 20.7 Å². The van der Waals surface area contributed by atoms with Gasteiger partial charge in [-0.15, -0.1) is 10.2 Å². The van der Waals surface area contributed by atoms with Gasteiger partial charge in [-0.3, -0.25) is 14.7 Å². The maximum absolute atomic E-state index is 12.5. The molecule has 8 heteroatoms.